The molecule has 0 spiro atoms. The number of nitrogens with zero attached hydrogens (tertiary/aromatic N) is 1. The molecule has 0 radical (unpaired) electrons. The quantitative estimate of drug-likeness (QED) is 0.610. The number of aromatic nitrogens is 1. The molecule has 1 N–H and O–H groups in total. The highest BCUT2D eigenvalue weighted by Gasteiger charge is 2.13. The maximum absolute atomic E-state index is 11.6. The summed E-state index contributed by atoms with van der Waals surface area (Å²) in [5, 5.41) is 3.07. The van der Waals surface area contributed by atoms with Crippen LogP contribution in [0.15, 0.2) is 31.0 Å². The van der Waals surface area contributed by atoms with E-state index in [1.54, 1.807) is 31.3 Å². The standard InChI is InChI=1S/C12H16N2O2/c1-4-9(3)14-11-10(7-6-8-13-11)12(15)16-5-2/h4,6-9H,1,5H2,2-3H3,(H,13,14). The van der Waals surface area contributed by atoms with E-state index >= 15 is 0 Å². The summed E-state index contributed by atoms with van der Waals surface area (Å²) in [7, 11) is 0. The molecule has 1 aromatic rings. The smallest absolute Gasteiger partial charge is 0.341 e. The third-order valence-electron chi connectivity index (χ3n) is 2.02. The SMILES string of the molecule is C=CC(C)Nc1ncccc1C(=O)OCC. The molecule has 0 aromatic carbocycles. The van der Waals surface area contributed by atoms with Gasteiger partial charge in [0.1, 0.15) is 11.4 Å². The van der Waals surface area contributed by atoms with Crippen molar-refractivity contribution in [2.75, 3.05) is 11.9 Å². The number of carbonyl (C=O) groups is 1. The van der Waals surface area contributed by atoms with Gasteiger partial charge in [-0.2, -0.15) is 0 Å². The molecule has 0 saturated carbocycles. The monoisotopic (exact) mass is 220 g/mol. The Balaban J connectivity index is 2.91. The van der Waals surface area contributed by atoms with Crippen molar-refractivity contribution in [3.63, 3.8) is 0 Å². The first-order valence-electron chi connectivity index (χ1n) is 5.20. The Morgan fingerprint density at radius 3 is 3.12 bits per heavy atom. The Kier molecular flexibility index (Phi) is 4.51. The van der Waals surface area contributed by atoms with Crippen LogP contribution in [0.5, 0.6) is 0 Å². The number of pyridine rings is 1. The van der Waals surface area contributed by atoms with Gasteiger partial charge in [0, 0.05) is 12.2 Å². The predicted octanol–water partition coefficient (Wildman–Crippen LogP) is 2.24. The van der Waals surface area contributed by atoms with Gasteiger partial charge in [-0.15, -0.1) is 6.58 Å². The van der Waals surface area contributed by atoms with Gasteiger partial charge in [-0.1, -0.05) is 6.08 Å². The third kappa shape index (κ3) is 3.08. The Labute approximate surface area is 95.3 Å². The van der Waals surface area contributed by atoms with Crippen molar-refractivity contribution in [3.05, 3.63) is 36.5 Å². The molecule has 0 amide bonds. The van der Waals surface area contributed by atoms with E-state index in [-0.39, 0.29) is 12.0 Å². The second kappa shape index (κ2) is 5.90. The molecular weight excluding hydrogens is 204 g/mol. The molecule has 0 aliphatic rings. The van der Waals surface area contributed by atoms with E-state index in [9.17, 15) is 4.79 Å². The van der Waals surface area contributed by atoms with Crippen LogP contribution < -0.4 is 5.32 Å². The Hall–Kier alpha value is -1.84. The van der Waals surface area contributed by atoms with Gasteiger partial charge in [0.25, 0.3) is 0 Å². The lowest BCUT2D eigenvalue weighted by Crippen LogP contribution is -2.16. The summed E-state index contributed by atoms with van der Waals surface area (Å²) in [5.41, 5.74) is 0.443. The Morgan fingerprint density at radius 2 is 2.50 bits per heavy atom. The van der Waals surface area contributed by atoms with Crippen LogP contribution in [0.4, 0.5) is 5.82 Å². The van der Waals surface area contributed by atoms with Crippen molar-refractivity contribution in [1.82, 2.24) is 4.98 Å². The van der Waals surface area contributed by atoms with E-state index < -0.39 is 0 Å². The van der Waals surface area contributed by atoms with Gasteiger partial charge >= 0.3 is 5.97 Å². The van der Waals surface area contributed by atoms with Gasteiger partial charge < -0.3 is 10.1 Å². The van der Waals surface area contributed by atoms with Gasteiger partial charge in [-0.25, -0.2) is 9.78 Å². The molecule has 1 aromatic heterocycles. The number of ether oxygens (including phenoxy) is 1. The summed E-state index contributed by atoms with van der Waals surface area (Å²) in [4.78, 5) is 15.7. The van der Waals surface area contributed by atoms with Crippen molar-refractivity contribution in [2.24, 2.45) is 0 Å². The highest BCUT2D eigenvalue weighted by atomic mass is 16.5. The highest BCUT2D eigenvalue weighted by Crippen LogP contribution is 2.14. The molecule has 0 aliphatic heterocycles. The normalized spacial score (nSPS) is 11.6. The third-order valence-corrected chi connectivity index (χ3v) is 2.02. The van der Waals surface area contributed by atoms with Gasteiger partial charge in [-0.05, 0) is 26.0 Å². The summed E-state index contributed by atoms with van der Waals surface area (Å²) >= 11 is 0. The Morgan fingerprint density at radius 1 is 1.75 bits per heavy atom. The topological polar surface area (TPSA) is 51.2 Å². The fourth-order valence-electron chi connectivity index (χ4n) is 1.17. The van der Waals surface area contributed by atoms with Gasteiger partial charge in [0.15, 0.2) is 0 Å². The number of rotatable bonds is 5. The molecule has 4 nitrogen and oxygen atoms in total. The van der Waals surface area contributed by atoms with Crippen LogP contribution in [0.2, 0.25) is 0 Å². The molecule has 86 valence electrons. The Bertz CT molecular complexity index is 377. The predicted molar refractivity (Wildman–Crippen MR) is 63.5 cm³/mol. The van der Waals surface area contributed by atoms with E-state index in [0.29, 0.717) is 18.0 Å². The first-order chi connectivity index (χ1) is 7.69. The molecule has 4 heteroatoms. The number of anilines is 1. The maximum Gasteiger partial charge on any atom is 0.341 e. The highest BCUT2D eigenvalue weighted by molar-refractivity contribution is 5.94. The minimum atomic E-state index is -0.366. The maximum atomic E-state index is 11.6. The zero-order chi connectivity index (χ0) is 12.0. The molecule has 1 unspecified atom stereocenters. The summed E-state index contributed by atoms with van der Waals surface area (Å²) in [6.45, 7) is 7.71. The fraction of sp³-hybridized carbons (Fsp3) is 0.333. The van der Waals surface area contributed by atoms with E-state index in [1.165, 1.54) is 0 Å². The molecule has 16 heavy (non-hydrogen) atoms. The molecule has 0 fully saturated rings. The first kappa shape index (κ1) is 12.2. The summed E-state index contributed by atoms with van der Waals surface area (Å²) < 4.78 is 4.94. The van der Waals surface area contributed by atoms with Gasteiger partial charge in [0.05, 0.1) is 6.61 Å². The molecular formula is C12H16N2O2. The van der Waals surface area contributed by atoms with E-state index in [4.69, 9.17) is 4.74 Å². The van der Waals surface area contributed by atoms with E-state index in [0.717, 1.165) is 0 Å². The van der Waals surface area contributed by atoms with Gasteiger partial charge in [0.2, 0.25) is 0 Å². The number of esters is 1. The van der Waals surface area contributed by atoms with Crippen molar-refractivity contribution in [2.45, 2.75) is 19.9 Å². The summed E-state index contributed by atoms with van der Waals surface area (Å²) in [6, 6.07) is 3.43. The van der Waals surface area contributed by atoms with Crippen LogP contribution >= 0.6 is 0 Å². The number of hydrogen-bond donors (Lipinski definition) is 1. The van der Waals surface area contributed by atoms with Crippen LogP contribution in [0.3, 0.4) is 0 Å². The van der Waals surface area contributed by atoms with Crippen LogP contribution in [0.25, 0.3) is 0 Å². The second-order valence-electron chi connectivity index (χ2n) is 3.29. The van der Waals surface area contributed by atoms with Crippen LogP contribution in [-0.4, -0.2) is 23.6 Å². The van der Waals surface area contributed by atoms with Crippen LogP contribution in [0, 0.1) is 0 Å². The lowest BCUT2D eigenvalue weighted by molar-refractivity contribution is 0.0527. The molecule has 0 aliphatic carbocycles. The molecule has 0 saturated heterocycles. The zero-order valence-corrected chi connectivity index (χ0v) is 9.56. The van der Waals surface area contributed by atoms with Crippen molar-refractivity contribution in [3.8, 4) is 0 Å². The lowest BCUT2D eigenvalue weighted by atomic mass is 10.2. The van der Waals surface area contributed by atoms with Crippen molar-refractivity contribution < 1.29 is 9.53 Å². The molecule has 1 heterocycles. The molecule has 1 rings (SSSR count). The molecule has 0 bridgehead atoms. The van der Waals surface area contributed by atoms with Crippen LogP contribution in [0.1, 0.15) is 24.2 Å². The largest absolute Gasteiger partial charge is 0.462 e. The fourth-order valence-corrected chi connectivity index (χ4v) is 1.17. The van der Waals surface area contributed by atoms with Gasteiger partial charge in [-0.3, -0.25) is 0 Å². The minimum absolute atomic E-state index is 0.0445. The average Bonchev–Trinajstić information content (AvgIpc) is 2.30. The lowest BCUT2D eigenvalue weighted by Gasteiger charge is -2.12. The van der Waals surface area contributed by atoms with E-state index in [2.05, 4.69) is 16.9 Å². The summed E-state index contributed by atoms with van der Waals surface area (Å²) in [6.07, 6.45) is 3.37. The zero-order valence-electron chi connectivity index (χ0n) is 9.56. The number of nitrogens with one attached hydrogen (secondary N) is 1. The van der Waals surface area contributed by atoms with Crippen LogP contribution in [-0.2, 0) is 4.74 Å². The first-order valence-corrected chi connectivity index (χ1v) is 5.20. The van der Waals surface area contributed by atoms with Crippen molar-refractivity contribution >= 4 is 11.8 Å². The van der Waals surface area contributed by atoms with Crippen molar-refractivity contribution in [1.29, 1.82) is 0 Å². The second-order valence-corrected chi connectivity index (χ2v) is 3.29. The number of carbonyl (C=O) groups excluding carboxylic acids is 1. The summed E-state index contributed by atoms with van der Waals surface area (Å²) in [5.74, 6) is 0.155. The van der Waals surface area contributed by atoms with E-state index in [1.807, 2.05) is 6.92 Å². The number of hydrogen-bond acceptors (Lipinski definition) is 4. The minimum Gasteiger partial charge on any atom is -0.462 e. The molecule has 1 atom stereocenters. The average molecular weight is 220 g/mol.